The van der Waals surface area contributed by atoms with Crippen molar-refractivity contribution in [3.8, 4) is 0 Å². The molecule has 0 aliphatic rings. The molecule has 0 aliphatic carbocycles. The number of ketones is 1. The molecule has 0 aliphatic heterocycles. The lowest BCUT2D eigenvalue weighted by Crippen LogP contribution is -1.95. The van der Waals surface area contributed by atoms with Crippen LogP contribution in [0.3, 0.4) is 0 Å². The van der Waals surface area contributed by atoms with Crippen molar-refractivity contribution in [1.29, 1.82) is 0 Å². The Kier molecular flexibility index (Phi) is 2.50. The van der Waals surface area contributed by atoms with E-state index in [9.17, 15) is 4.79 Å². The molecule has 0 radical (unpaired) electrons. The molecular formula is C6H8N2OS. The van der Waals surface area contributed by atoms with Crippen LogP contribution in [0.5, 0.6) is 0 Å². The van der Waals surface area contributed by atoms with Crippen LogP contribution in [0.2, 0.25) is 0 Å². The quantitative estimate of drug-likeness (QED) is 0.654. The third kappa shape index (κ3) is 2.23. The molecule has 1 heterocycles. The fourth-order valence-corrected chi connectivity index (χ4v) is 1.08. The highest BCUT2D eigenvalue weighted by atomic mass is 32.2. The Hall–Kier alpha value is -0.770. The van der Waals surface area contributed by atoms with E-state index in [4.69, 9.17) is 0 Å². The highest BCUT2D eigenvalue weighted by Crippen LogP contribution is 2.03. The number of hydrogen-bond donors (Lipinski definition) is 0. The van der Waals surface area contributed by atoms with Crippen LogP contribution in [0.1, 0.15) is 6.92 Å². The zero-order valence-electron chi connectivity index (χ0n) is 5.65. The molecule has 0 N–H and O–H groups in total. The fourth-order valence-electron chi connectivity index (χ4n) is 0.489. The maximum atomic E-state index is 10.5. The molecule has 1 aromatic heterocycles. The van der Waals surface area contributed by atoms with Crippen LogP contribution in [0.15, 0.2) is 18.7 Å². The molecule has 10 heavy (non-hydrogen) atoms. The van der Waals surface area contributed by atoms with Crippen molar-refractivity contribution in [3.63, 3.8) is 0 Å². The van der Waals surface area contributed by atoms with E-state index in [2.05, 4.69) is 4.98 Å². The van der Waals surface area contributed by atoms with Crippen LogP contribution >= 0.6 is 11.9 Å². The van der Waals surface area contributed by atoms with E-state index < -0.39 is 0 Å². The number of carbonyl (C=O) groups excluding carboxylic acids is 1. The van der Waals surface area contributed by atoms with Gasteiger partial charge in [0, 0.05) is 12.4 Å². The average molecular weight is 156 g/mol. The second-order valence-electron chi connectivity index (χ2n) is 1.90. The summed E-state index contributed by atoms with van der Waals surface area (Å²) in [5.74, 6) is 0.690. The van der Waals surface area contributed by atoms with E-state index in [1.54, 1.807) is 23.4 Å². The second kappa shape index (κ2) is 3.41. The number of imidazole rings is 1. The van der Waals surface area contributed by atoms with Gasteiger partial charge in [-0.05, 0) is 18.9 Å². The normalized spacial score (nSPS) is 9.70. The van der Waals surface area contributed by atoms with E-state index in [-0.39, 0.29) is 5.78 Å². The summed E-state index contributed by atoms with van der Waals surface area (Å²) in [6.07, 6.45) is 5.17. The van der Waals surface area contributed by atoms with Crippen LogP contribution < -0.4 is 0 Å². The van der Waals surface area contributed by atoms with Gasteiger partial charge in [0.15, 0.2) is 0 Å². The molecule has 4 heteroatoms. The van der Waals surface area contributed by atoms with E-state index >= 15 is 0 Å². The second-order valence-corrected chi connectivity index (χ2v) is 2.87. The zero-order chi connectivity index (χ0) is 7.40. The van der Waals surface area contributed by atoms with Crippen LogP contribution in [0.4, 0.5) is 0 Å². The molecule has 0 spiro atoms. The summed E-state index contributed by atoms with van der Waals surface area (Å²) in [4.78, 5) is 14.3. The monoisotopic (exact) mass is 156 g/mol. The van der Waals surface area contributed by atoms with Gasteiger partial charge in [-0.25, -0.2) is 4.98 Å². The lowest BCUT2D eigenvalue weighted by atomic mass is 10.5. The van der Waals surface area contributed by atoms with Crippen LogP contribution in [-0.2, 0) is 4.79 Å². The Morgan fingerprint density at radius 3 is 3.10 bits per heavy atom. The van der Waals surface area contributed by atoms with Crippen molar-refractivity contribution in [3.05, 3.63) is 18.7 Å². The van der Waals surface area contributed by atoms with Gasteiger partial charge in [0.2, 0.25) is 0 Å². The number of carbonyl (C=O) groups is 1. The smallest absolute Gasteiger partial charge is 0.141 e. The Morgan fingerprint density at radius 2 is 2.60 bits per heavy atom. The molecule has 0 unspecified atom stereocenters. The van der Waals surface area contributed by atoms with Crippen molar-refractivity contribution in [1.82, 2.24) is 8.96 Å². The van der Waals surface area contributed by atoms with Gasteiger partial charge in [-0.1, -0.05) is 0 Å². The van der Waals surface area contributed by atoms with Crippen molar-refractivity contribution in [2.45, 2.75) is 6.92 Å². The highest BCUT2D eigenvalue weighted by molar-refractivity contribution is 7.98. The molecule has 0 aromatic carbocycles. The summed E-state index contributed by atoms with van der Waals surface area (Å²) in [6.45, 7) is 1.57. The first-order valence-electron chi connectivity index (χ1n) is 2.90. The molecule has 0 saturated heterocycles. The summed E-state index contributed by atoms with van der Waals surface area (Å²) >= 11 is 1.44. The van der Waals surface area contributed by atoms with E-state index in [1.807, 2.05) is 6.20 Å². The number of nitrogens with zero attached hydrogens (tertiary/aromatic N) is 2. The third-order valence-electron chi connectivity index (χ3n) is 0.897. The SMILES string of the molecule is CC(=O)CSn1ccnc1. The van der Waals surface area contributed by atoms with Crippen LogP contribution in [-0.4, -0.2) is 20.5 Å². The molecular weight excluding hydrogens is 148 g/mol. The Morgan fingerprint density at radius 1 is 1.80 bits per heavy atom. The standard InChI is InChI=1S/C6H8N2OS/c1-6(9)4-10-8-3-2-7-5-8/h2-3,5H,4H2,1H3. The van der Waals surface area contributed by atoms with Crippen LogP contribution in [0, 0.1) is 0 Å². The minimum absolute atomic E-state index is 0.179. The van der Waals surface area contributed by atoms with Crippen molar-refractivity contribution >= 4 is 17.7 Å². The van der Waals surface area contributed by atoms with Gasteiger partial charge in [0.05, 0.1) is 5.75 Å². The lowest BCUT2D eigenvalue weighted by Gasteiger charge is -1.95. The first-order chi connectivity index (χ1) is 4.79. The van der Waals surface area contributed by atoms with Gasteiger partial charge in [0.1, 0.15) is 12.1 Å². The zero-order valence-corrected chi connectivity index (χ0v) is 6.47. The summed E-state index contributed by atoms with van der Waals surface area (Å²) < 4.78 is 1.81. The first kappa shape index (κ1) is 7.34. The van der Waals surface area contributed by atoms with Gasteiger partial charge < -0.3 is 0 Å². The largest absolute Gasteiger partial charge is 0.299 e. The fraction of sp³-hybridized carbons (Fsp3) is 0.333. The minimum atomic E-state index is 0.179. The third-order valence-corrected chi connectivity index (χ3v) is 1.95. The summed E-state index contributed by atoms with van der Waals surface area (Å²) in [5, 5.41) is 0. The van der Waals surface area contributed by atoms with Crippen LogP contribution in [0.25, 0.3) is 0 Å². The molecule has 0 atom stereocenters. The Bertz CT molecular complexity index is 208. The van der Waals surface area contributed by atoms with E-state index in [0.29, 0.717) is 5.75 Å². The molecule has 54 valence electrons. The maximum absolute atomic E-state index is 10.5. The van der Waals surface area contributed by atoms with Crippen molar-refractivity contribution in [2.24, 2.45) is 0 Å². The van der Waals surface area contributed by atoms with E-state index in [0.717, 1.165) is 0 Å². The maximum Gasteiger partial charge on any atom is 0.141 e. The van der Waals surface area contributed by atoms with Gasteiger partial charge in [-0.3, -0.25) is 8.77 Å². The van der Waals surface area contributed by atoms with Gasteiger partial charge in [-0.2, -0.15) is 0 Å². The first-order valence-corrected chi connectivity index (χ1v) is 3.84. The molecule has 0 saturated carbocycles. The molecule has 0 fully saturated rings. The van der Waals surface area contributed by atoms with Crippen molar-refractivity contribution < 1.29 is 4.79 Å². The summed E-state index contributed by atoms with van der Waals surface area (Å²) in [6, 6.07) is 0. The summed E-state index contributed by atoms with van der Waals surface area (Å²) in [7, 11) is 0. The molecule has 1 aromatic rings. The Labute approximate surface area is 63.6 Å². The molecule has 3 nitrogen and oxygen atoms in total. The predicted molar refractivity (Wildman–Crippen MR) is 40.8 cm³/mol. The van der Waals surface area contributed by atoms with Gasteiger partial charge in [-0.15, -0.1) is 0 Å². The summed E-state index contributed by atoms with van der Waals surface area (Å²) in [5.41, 5.74) is 0. The Balaban J connectivity index is 2.35. The van der Waals surface area contributed by atoms with Gasteiger partial charge >= 0.3 is 0 Å². The topological polar surface area (TPSA) is 34.9 Å². The number of Topliss-reactive ketones (excluding diaryl/α,β-unsaturated/α-hetero) is 1. The minimum Gasteiger partial charge on any atom is -0.299 e. The van der Waals surface area contributed by atoms with Gasteiger partial charge in [0.25, 0.3) is 0 Å². The lowest BCUT2D eigenvalue weighted by molar-refractivity contribution is -0.114. The van der Waals surface area contributed by atoms with E-state index in [1.165, 1.54) is 11.9 Å². The predicted octanol–water partition coefficient (Wildman–Crippen LogP) is 0.968. The number of aromatic nitrogens is 2. The molecule has 1 rings (SSSR count). The average Bonchev–Trinajstić information content (AvgIpc) is 2.34. The molecule has 0 amide bonds. The number of rotatable bonds is 3. The van der Waals surface area contributed by atoms with Crippen molar-refractivity contribution in [2.75, 3.05) is 5.75 Å². The molecule has 0 bridgehead atoms. The highest BCUT2D eigenvalue weighted by Gasteiger charge is 1.93. The number of hydrogen-bond acceptors (Lipinski definition) is 3.